The number of ether oxygens (including phenoxy) is 1. The molecule has 0 aliphatic rings. The normalized spacial score (nSPS) is 11.6. The topological polar surface area (TPSA) is 175 Å². The molecule has 2 heterocycles. The van der Waals surface area contributed by atoms with Crippen LogP contribution >= 0.6 is 22.9 Å². The number of anilines is 1. The molecule has 0 radical (unpaired) electrons. The molecular formula is C24H19ClFN5O7S. The molecule has 4 rings (SSSR count). The standard InChI is InChI=1S/C24H19ClFN5O7S/c1-2-37-24(36)38-30-21(33)19(17-7-8-18(25)39-17)29-20(32)11-3-5-12(6-4-11)31-22(34)13-9-14(26)15(27)10-16(13)28-23(31)35/h3-10,19H,2,27H2,1H3,(H,28,35)(H,29,32)(H,30,33). The van der Waals surface area contributed by atoms with E-state index in [-0.39, 0.29) is 34.4 Å². The summed E-state index contributed by atoms with van der Waals surface area (Å²) < 4.78 is 19.6. The number of hydroxylamine groups is 1. The van der Waals surface area contributed by atoms with E-state index in [2.05, 4.69) is 19.9 Å². The van der Waals surface area contributed by atoms with Crippen molar-refractivity contribution in [1.82, 2.24) is 20.3 Å². The molecule has 0 bridgehead atoms. The number of carbonyl (C=O) groups is 3. The van der Waals surface area contributed by atoms with Crippen molar-refractivity contribution in [1.29, 1.82) is 0 Å². The molecule has 15 heteroatoms. The maximum absolute atomic E-state index is 13.9. The summed E-state index contributed by atoms with van der Waals surface area (Å²) in [7, 11) is 0. The van der Waals surface area contributed by atoms with Gasteiger partial charge in [0.1, 0.15) is 11.9 Å². The third kappa shape index (κ3) is 5.91. The number of aromatic amines is 1. The van der Waals surface area contributed by atoms with Crippen LogP contribution in [0.4, 0.5) is 14.9 Å². The molecule has 2 aromatic carbocycles. The van der Waals surface area contributed by atoms with Gasteiger partial charge in [-0.15, -0.1) is 11.3 Å². The molecule has 0 fully saturated rings. The van der Waals surface area contributed by atoms with Gasteiger partial charge in [0, 0.05) is 10.4 Å². The van der Waals surface area contributed by atoms with Gasteiger partial charge in [0.05, 0.1) is 33.2 Å². The highest BCUT2D eigenvalue weighted by Gasteiger charge is 2.26. The second kappa shape index (κ2) is 11.4. The SMILES string of the molecule is CCOC(=O)ONC(=O)C(NC(=O)c1ccc(-n2c(=O)[nH]c3cc(N)c(F)cc3c2=O)cc1)c1ccc(Cl)s1. The van der Waals surface area contributed by atoms with Gasteiger partial charge in [-0.05, 0) is 55.5 Å². The van der Waals surface area contributed by atoms with E-state index in [0.29, 0.717) is 9.21 Å². The molecule has 39 heavy (non-hydrogen) atoms. The van der Waals surface area contributed by atoms with Gasteiger partial charge in [-0.2, -0.15) is 5.48 Å². The number of amides is 2. The number of H-pyrrole nitrogens is 1. The fraction of sp³-hybridized carbons (Fsp3) is 0.125. The first kappa shape index (κ1) is 27.3. The summed E-state index contributed by atoms with van der Waals surface area (Å²) >= 11 is 6.99. The Morgan fingerprint density at radius 3 is 2.51 bits per heavy atom. The zero-order chi connectivity index (χ0) is 28.3. The summed E-state index contributed by atoms with van der Waals surface area (Å²) in [6.45, 7) is 1.57. The number of fused-ring (bicyclic) bond motifs is 1. The minimum absolute atomic E-state index is 0.0219. The molecule has 4 aromatic rings. The van der Waals surface area contributed by atoms with E-state index in [0.717, 1.165) is 28.0 Å². The minimum atomic E-state index is -1.29. The van der Waals surface area contributed by atoms with Gasteiger partial charge in [0.15, 0.2) is 0 Å². The summed E-state index contributed by atoms with van der Waals surface area (Å²) in [6.07, 6.45) is -1.14. The number of hydrogen-bond donors (Lipinski definition) is 4. The van der Waals surface area contributed by atoms with E-state index < -0.39 is 41.1 Å². The number of nitrogens with two attached hydrogens (primary N) is 1. The quantitative estimate of drug-likeness (QED) is 0.154. The Kier molecular flexibility index (Phi) is 7.97. The molecule has 1 unspecified atom stereocenters. The number of nitrogens with one attached hydrogen (secondary N) is 3. The molecule has 1 atom stereocenters. The number of halogens is 2. The summed E-state index contributed by atoms with van der Waals surface area (Å²) in [5.74, 6) is -2.41. The molecule has 0 aliphatic heterocycles. The zero-order valence-corrected chi connectivity index (χ0v) is 21.5. The number of nitrogens with zero attached hydrogens (tertiary/aromatic N) is 1. The Bertz CT molecular complexity index is 1700. The van der Waals surface area contributed by atoms with Crippen LogP contribution in [0.3, 0.4) is 0 Å². The lowest BCUT2D eigenvalue weighted by atomic mass is 10.1. The highest BCUT2D eigenvalue weighted by molar-refractivity contribution is 7.16. The zero-order valence-electron chi connectivity index (χ0n) is 19.9. The monoisotopic (exact) mass is 575 g/mol. The molecule has 2 aromatic heterocycles. The lowest BCUT2D eigenvalue weighted by Crippen LogP contribution is -2.41. The number of rotatable bonds is 6. The second-order valence-corrected chi connectivity index (χ2v) is 9.58. The van der Waals surface area contributed by atoms with E-state index in [4.69, 9.17) is 17.3 Å². The maximum atomic E-state index is 13.9. The van der Waals surface area contributed by atoms with Crippen molar-refractivity contribution in [2.45, 2.75) is 13.0 Å². The van der Waals surface area contributed by atoms with Crippen molar-refractivity contribution in [2.24, 2.45) is 0 Å². The first-order valence-electron chi connectivity index (χ1n) is 11.1. The van der Waals surface area contributed by atoms with E-state index in [1.165, 1.54) is 36.4 Å². The van der Waals surface area contributed by atoms with Crippen LogP contribution in [-0.2, 0) is 14.4 Å². The van der Waals surface area contributed by atoms with Crippen LogP contribution in [0.2, 0.25) is 4.34 Å². The summed E-state index contributed by atoms with van der Waals surface area (Å²) in [6, 6.07) is 9.10. The Morgan fingerprint density at radius 1 is 1.15 bits per heavy atom. The van der Waals surface area contributed by atoms with Crippen molar-refractivity contribution in [3.63, 3.8) is 0 Å². The summed E-state index contributed by atoms with van der Waals surface area (Å²) in [5.41, 5.74) is 5.84. The fourth-order valence-corrected chi connectivity index (χ4v) is 4.62. The van der Waals surface area contributed by atoms with Gasteiger partial charge in [-0.25, -0.2) is 18.5 Å². The van der Waals surface area contributed by atoms with Gasteiger partial charge >= 0.3 is 11.8 Å². The molecule has 202 valence electrons. The van der Waals surface area contributed by atoms with E-state index >= 15 is 0 Å². The molecular weight excluding hydrogens is 557 g/mol. The van der Waals surface area contributed by atoms with Crippen LogP contribution in [0.25, 0.3) is 16.6 Å². The Morgan fingerprint density at radius 2 is 1.87 bits per heavy atom. The molecule has 5 N–H and O–H groups in total. The number of aromatic nitrogens is 2. The third-order valence-electron chi connectivity index (χ3n) is 5.32. The maximum Gasteiger partial charge on any atom is 0.533 e. The minimum Gasteiger partial charge on any atom is -0.433 e. The van der Waals surface area contributed by atoms with Gasteiger partial charge in [-0.1, -0.05) is 11.6 Å². The number of hydrogen-bond acceptors (Lipinski definition) is 9. The van der Waals surface area contributed by atoms with E-state index in [9.17, 15) is 28.4 Å². The first-order chi connectivity index (χ1) is 18.6. The number of nitrogen functional groups attached to an aromatic ring is 1. The first-order valence-corrected chi connectivity index (χ1v) is 12.3. The fourth-order valence-electron chi connectivity index (χ4n) is 3.51. The van der Waals surface area contributed by atoms with Gasteiger partial charge in [0.2, 0.25) is 0 Å². The summed E-state index contributed by atoms with van der Waals surface area (Å²) in [5, 5.41) is 2.41. The average Bonchev–Trinajstić information content (AvgIpc) is 3.33. The Hall–Kier alpha value is -4.69. The van der Waals surface area contributed by atoms with Crippen molar-refractivity contribution >= 4 is 57.5 Å². The number of benzene rings is 2. The average molecular weight is 576 g/mol. The molecule has 0 saturated heterocycles. The lowest BCUT2D eigenvalue weighted by molar-refractivity contribution is -0.133. The molecule has 2 amide bonds. The second-order valence-electron chi connectivity index (χ2n) is 7.84. The Labute approximate surface area is 227 Å². The smallest absolute Gasteiger partial charge is 0.433 e. The lowest BCUT2D eigenvalue weighted by Gasteiger charge is -2.17. The number of thiophene rings is 1. The predicted octanol–water partition coefficient (Wildman–Crippen LogP) is 2.79. The van der Waals surface area contributed by atoms with Crippen LogP contribution in [0.5, 0.6) is 0 Å². The van der Waals surface area contributed by atoms with Crippen LogP contribution < -0.4 is 27.8 Å². The van der Waals surface area contributed by atoms with Crippen LogP contribution in [-0.4, -0.2) is 34.1 Å². The van der Waals surface area contributed by atoms with Crippen LogP contribution in [0, 0.1) is 5.82 Å². The largest absolute Gasteiger partial charge is 0.533 e. The molecule has 0 spiro atoms. The van der Waals surface area contributed by atoms with Crippen molar-refractivity contribution < 1.29 is 28.3 Å². The van der Waals surface area contributed by atoms with E-state index in [1.807, 2.05) is 5.48 Å². The molecule has 0 aliphatic carbocycles. The van der Waals surface area contributed by atoms with Crippen LogP contribution in [0.15, 0.2) is 58.1 Å². The molecule has 0 saturated carbocycles. The van der Waals surface area contributed by atoms with Crippen molar-refractivity contribution in [2.75, 3.05) is 12.3 Å². The third-order valence-corrected chi connectivity index (χ3v) is 6.61. The van der Waals surface area contributed by atoms with Gasteiger partial charge < -0.3 is 25.6 Å². The highest BCUT2D eigenvalue weighted by Crippen LogP contribution is 2.27. The number of carbonyl (C=O) groups excluding carboxylic acids is 3. The Balaban J connectivity index is 1.58. The molecule has 12 nitrogen and oxygen atoms in total. The predicted molar refractivity (Wildman–Crippen MR) is 140 cm³/mol. The van der Waals surface area contributed by atoms with Crippen molar-refractivity contribution in [3.8, 4) is 5.69 Å². The van der Waals surface area contributed by atoms with Gasteiger partial charge in [-0.3, -0.25) is 14.4 Å². The van der Waals surface area contributed by atoms with Crippen LogP contribution in [0.1, 0.15) is 28.2 Å². The van der Waals surface area contributed by atoms with E-state index in [1.54, 1.807) is 6.92 Å². The van der Waals surface area contributed by atoms with Gasteiger partial charge in [0.25, 0.3) is 17.4 Å². The van der Waals surface area contributed by atoms with Crippen molar-refractivity contribution in [3.05, 3.63) is 90.0 Å². The summed E-state index contributed by atoms with van der Waals surface area (Å²) in [4.78, 5) is 69.9. The highest BCUT2D eigenvalue weighted by atomic mass is 35.5.